The van der Waals surface area contributed by atoms with Crippen LogP contribution in [0.15, 0.2) is 71.4 Å². The molecule has 2 N–H and O–H groups in total. The van der Waals surface area contributed by atoms with Gasteiger partial charge >= 0.3 is 0 Å². The highest BCUT2D eigenvalue weighted by atomic mass is 16.5. The monoisotopic (exact) mass is 322 g/mol. The molecule has 0 fully saturated rings. The summed E-state index contributed by atoms with van der Waals surface area (Å²) in [4.78, 5) is 12.7. The first-order valence-electron chi connectivity index (χ1n) is 7.72. The van der Waals surface area contributed by atoms with Crippen molar-refractivity contribution in [2.75, 3.05) is 0 Å². The number of benzene rings is 2. The molecule has 5 nitrogen and oxygen atoms in total. The molecule has 1 aromatic heterocycles. The minimum Gasteiger partial charge on any atom is -0.508 e. The van der Waals surface area contributed by atoms with Gasteiger partial charge in [-0.3, -0.25) is 4.79 Å². The summed E-state index contributed by atoms with van der Waals surface area (Å²) >= 11 is 0. The standard InChI is InChI=1S/C19H18N2O3/c22-17-8-6-14(7-9-17)12-18(15-4-2-1-3-5-15)19(23)20-13-16-10-11-24-21-16/h1-11,18,22H,12-13H2,(H,20,23)/t18-/m0/s1. The predicted octanol–water partition coefficient (Wildman–Crippen LogP) is 3.02. The molecule has 0 aliphatic carbocycles. The van der Waals surface area contributed by atoms with E-state index in [1.54, 1.807) is 18.2 Å². The van der Waals surface area contributed by atoms with E-state index in [1.807, 2.05) is 42.5 Å². The van der Waals surface area contributed by atoms with E-state index >= 15 is 0 Å². The molecule has 0 bridgehead atoms. The maximum atomic E-state index is 12.7. The van der Waals surface area contributed by atoms with E-state index in [-0.39, 0.29) is 17.6 Å². The van der Waals surface area contributed by atoms with Gasteiger partial charge in [0.1, 0.15) is 17.7 Å². The quantitative estimate of drug-likeness (QED) is 0.731. The molecule has 3 aromatic rings. The van der Waals surface area contributed by atoms with Gasteiger partial charge in [0.05, 0.1) is 12.5 Å². The number of nitrogens with one attached hydrogen (secondary N) is 1. The van der Waals surface area contributed by atoms with Crippen molar-refractivity contribution in [3.63, 3.8) is 0 Å². The number of carbonyl (C=O) groups excluding carboxylic acids is 1. The number of aromatic hydroxyl groups is 1. The van der Waals surface area contributed by atoms with E-state index in [0.29, 0.717) is 18.7 Å². The van der Waals surface area contributed by atoms with Crippen molar-refractivity contribution >= 4 is 5.91 Å². The highest BCUT2D eigenvalue weighted by Gasteiger charge is 2.21. The lowest BCUT2D eigenvalue weighted by Gasteiger charge is -2.17. The fraction of sp³-hybridized carbons (Fsp3) is 0.158. The van der Waals surface area contributed by atoms with Crippen molar-refractivity contribution in [1.82, 2.24) is 10.5 Å². The molecule has 122 valence electrons. The second kappa shape index (κ2) is 7.46. The molecular formula is C19H18N2O3. The van der Waals surface area contributed by atoms with Crippen LogP contribution in [-0.4, -0.2) is 16.2 Å². The zero-order valence-corrected chi connectivity index (χ0v) is 13.1. The first kappa shape index (κ1) is 15.8. The predicted molar refractivity (Wildman–Crippen MR) is 89.3 cm³/mol. The molecule has 3 rings (SSSR count). The minimum absolute atomic E-state index is 0.0720. The first-order chi connectivity index (χ1) is 11.7. The first-order valence-corrected chi connectivity index (χ1v) is 7.72. The molecule has 0 saturated carbocycles. The maximum absolute atomic E-state index is 12.7. The van der Waals surface area contributed by atoms with E-state index in [2.05, 4.69) is 10.5 Å². The van der Waals surface area contributed by atoms with Crippen LogP contribution in [0.3, 0.4) is 0 Å². The van der Waals surface area contributed by atoms with Gasteiger partial charge < -0.3 is 14.9 Å². The van der Waals surface area contributed by atoms with E-state index < -0.39 is 0 Å². The summed E-state index contributed by atoms with van der Waals surface area (Å²) in [6, 6.07) is 18.3. The summed E-state index contributed by atoms with van der Waals surface area (Å²) in [6.07, 6.45) is 2.03. The molecule has 1 heterocycles. The number of hydrogen-bond donors (Lipinski definition) is 2. The molecule has 5 heteroatoms. The zero-order valence-electron chi connectivity index (χ0n) is 13.1. The van der Waals surface area contributed by atoms with E-state index in [1.165, 1.54) is 6.26 Å². The van der Waals surface area contributed by atoms with Crippen LogP contribution in [0.1, 0.15) is 22.7 Å². The Balaban J connectivity index is 1.76. The molecule has 0 radical (unpaired) electrons. The number of phenolic OH excluding ortho intramolecular Hbond substituents is 1. The van der Waals surface area contributed by atoms with Crippen LogP contribution in [-0.2, 0) is 17.8 Å². The Morgan fingerprint density at radius 1 is 1.08 bits per heavy atom. The highest BCUT2D eigenvalue weighted by molar-refractivity contribution is 5.83. The van der Waals surface area contributed by atoms with Crippen LogP contribution < -0.4 is 5.32 Å². The van der Waals surface area contributed by atoms with Gasteiger partial charge in [-0.2, -0.15) is 0 Å². The topological polar surface area (TPSA) is 75.4 Å². The lowest BCUT2D eigenvalue weighted by Crippen LogP contribution is -2.30. The molecule has 1 atom stereocenters. The third-order valence-corrected chi connectivity index (χ3v) is 3.83. The van der Waals surface area contributed by atoms with Crippen LogP contribution in [0, 0.1) is 0 Å². The Morgan fingerprint density at radius 2 is 1.83 bits per heavy atom. The average Bonchev–Trinajstić information content (AvgIpc) is 3.13. The second-order valence-electron chi connectivity index (χ2n) is 5.54. The Hall–Kier alpha value is -3.08. The van der Waals surface area contributed by atoms with Gasteiger partial charge in [-0.05, 0) is 29.7 Å². The van der Waals surface area contributed by atoms with Gasteiger partial charge in [0.2, 0.25) is 5.91 Å². The van der Waals surface area contributed by atoms with Crippen LogP contribution in [0.2, 0.25) is 0 Å². The minimum atomic E-state index is -0.317. The van der Waals surface area contributed by atoms with Crippen molar-refractivity contribution in [2.45, 2.75) is 18.9 Å². The third kappa shape index (κ3) is 4.01. The highest BCUT2D eigenvalue weighted by Crippen LogP contribution is 2.22. The van der Waals surface area contributed by atoms with Crippen LogP contribution in [0.4, 0.5) is 0 Å². The number of carbonyl (C=O) groups is 1. The van der Waals surface area contributed by atoms with E-state index in [4.69, 9.17) is 4.52 Å². The fourth-order valence-electron chi connectivity index (χ4n) is 2.54. The average molecular weight is 322 g/mol. The number of nitrogens with zero attached hydrogens (tertiary/aromatic N) is 1. The summed E-state index contributed by atoms with van der Waals surface area (Å²) in [5, 5.41) is 16.1. The van der Waals surface area contributed by atoms with Gasteiger partial charge in [-0.1, -0.05) is 47.6 Å². The van der Waals surface area contributed by atoms with Gasteiger partial charge in [0.25, 0.3) is 0 Å². The summed E-state index contributed by atoms with van der Waals surface area (Å²) in [5.41, 5.74) is 2.61. The molecule has 0 unspecified atom stereocenters. The third-order valence-electron chi connectivity index (χ3n) is 3.83. The van der Waals surface area contributed by atoms with Crippen LogP contribution >= 0.6 is 0 Å². The largest absolute Gasteiger partial charge is 0.508 e. The number of hydrogen-bond acceptors (Lipinski definition) is 4. The molecule has 2 aromatic carbocycles. The maximum Gasteiger partial charge on any atom is 0.228 e. The van der Waals surface area contributed by atoms with Crippen LogP contribution in [0.25, 0.3) is 0 Å². The molecule has 0 spiro atoms. The smallest absolute Gasteiger partial charge is 0.228 e. The summed E-state index contributed by atoms with van der Waals surface area (Å²) in [5.74, 6) is -0.176. The van der Waals surface area contributed by atoms with Crippen molar-refractivity contribution in [2.24, 2.45) is 0 Å². The van der Waals surface area contributed by atoms with Gasteiger partial charge in [-0.15, -0.1) is 0 Å². The fourth-order valence-corrected chi connectivity index (χ4v) is 2.54. The number of rotatable bonds is 6. The Kier molecular flexibility index (Phi) is 4.91. The molecular weight excluding hydrogens is 304 g/mol. The molecule has 0 saturated heterocycles. The SMILES string of the molecule is O=C(NCc1ccon1)[C@@H](Cc1ccc(O)cc1)c1ccccc1. The van der Waals surface area contributed by atoms with E-state index in [9.17, 15) is 9.90 Å². The lowest BCUT2D eigenvalue weighted by atomic mass is 9.91. The molecule has 0 aliphatic heterocycles. The summed E-state index contributed by atoms with van der Waals surface area (Å²) < 4.78 is 4.77. The summed E-state index contributed by atoms with van der Waals surface area (Å²) in [6.45, 7) is 0.328. The summed E-state index contributed by atoms with van der Waals surface area (Å²) in [7, 11) is 0. The van der Waals surface area contributed by atoms with Crippen molar-refractivity contribution in [3.05, 3.63) is 83.7 Å². The molecule has 24 heavy (non-hydrogen) atoms. The number of amides is 1. The van der Waals surface area contributed by atoms with Gasteiger partial charge in [0, 0.05) is 6.07 Å². The van der Waals surface area contributed by atoms with Gasteiger partial charge in [-0.25, -0.2) is 0 Å². The zero-order chi connectivity index (χ0) is 16.8. The van der Waals surface area contributed by atoms with Crippen molar-refractivity contribution in [3.8, 4) is 5.75 Å². The normalized spacial score (nSPS) is 11.8. The van der Waals surface area contributed by atoms with Gasteiger partial charge in [0.15, 0.2) is 0 Å². The Labute approximate surface area is 139 Å². The van der Waals surface area contributed by atoms with Crippen LogP contribution in [0.5, 0.6) is 5.75 Å². The second-order valence-corrected chi connectivity index (χ2v) is 5.54. The molecule has 0 aliphatic rings. The van der Waals surface area contributed by atoms with Crippen molar-refractivity contribution < 1.29 is 14.4 Å². The number of aromatic nitrogens is 1. The van der Waals surface area contributed by atoms with Crippen molar-refractivity contribution in [1.29, 1.82) is 0 Å². The Bertz CT molecular complexity index is 768. The lowest BCUT2D eigenvalue weighted by molar-refractivity contribution is -0.122. The Morgan fingerprint density at radius 3 is 2.50 bits per heavy atom. The molecule has 1 amide bonds. The number of phenols is 1. The van der Waals surface area contributed by atoms with E-state index in [0.717, 1.165) is 11.1 Å².